The van der Waals surface area contributed by atoms with E-state index in [9.17, 15) is 0 Å². The Morgan fingerprint density at radius 3 is 2.72 bits per heavy atom. The quantitative estimate of drug-likeness (QED) is 0.815. The first-order chi connectivity index (χ1) is 8.60. The monoisotopic (exact) mass is 266 g/mol. The Kier molecular flexibility index (Phi) is 6.58. The summed E-state index contributed by atoms with van der Waals surface area (Å²) in [5.74, 6) is 1.22. The molecule has 0 fully saturated rings. The van der Waals surface area contributed by atoms with Crippen molar-refractivity contribution >= 4 is 17.4 Å². The molecule has 0 saturated heterocycles. The molecule has 0 saturated carbocycles. The van der Waals surface area contributed by atoms with Crippen molar-refractivity contribution in [3.05, 3.63) is 29.3 Å². The minimum absolute atomic E-state index is 0.579. The summed E-state index contributed by atoms with van der Waals surface area (Å²) < 4.78 is 0. The van der Waals surface area contributed by atoms with Gasteiger partial charge in [0.25, 0.3) is 0 Å². The van der Waals surface area contributed by atoms with Crippen LogP contribution in [0.2, 0.25) is 0 Å². The lowest BCUT2D eigenvalue weighted by Gasteiger charge is -2.29. The van der Waals surface area contributed by atoms with E-state index in [0.717, 1.165) is 6.54 Å². The molecule has 0 bridgehead atoms. The standard InChI is InChI=1S/C15H26N2S/c1-12-6-7-15(14(10-12)11-16-3)17(4)13(2)8-9-18-5/h6-7,10,13,16H,8-9,11H2,1-5H3. The molecule has 1 atom stereocenters. The fraction of sp³-hybridized carbons (Fsp3) is 0.600. The van der Waals surface area contributed by atoms with E-state index >= 15 is 0 Å². The number of benzene rings is 1. The van der Waals surface area contributed by atoms with E-state index in [2.05, 4.69) is 55.6 Å². The molecule has 2 nitrogen and oxygen atoms in total. The third kappa shape index (κ3) is 4.21. The molecular formula is C15H26N2S. The molecule has 1 unspecified atom stereocenters. The lowest BCUT2D eigenvalue weighted by Crippen LogP contribution is -2.30. The van der Waals surface area contributed by atoms with Crippen LogP contribution in [-0.4, -0.2) is 32.1 Å². The van der Waals surface area contributed by atoms with Gasteiger partial charge in [0.2, 0.25) is 0 Å². The Hall–Kier alpha value is -0.670. The zero-order valence-corrected chi connectivity index (χ0v) is 13.1. The van der Waals surface area contributed by atoms with Crippen molar-refractivity contribution in [3.63, 3.8) is 0 Å². The van der Waals surface area contributed by atoms with Gasteiger partial charge >= 0.3 is 0 Å². The molecule has 0 spiro atoms. The van der Waals surface area contributed by atoms with Gasteiger partial charge in [-0.2, -0.15) is 11.8 Å². The van der Waals surface area contributed by atoms with Crippen molar-refractivity contribution in [1.82, 2.24) is 5.32 Å². The molecule has 1 rings (SSSR count). The predicted molar refractivity (Wildman–Crippen MR) is 84.8 cm³/mol. The molecule has 0 aromatic heterocycles. The molecule has 102 valence electrons. The molecule has 0 aliphatic carbocycles. The third-order valence-corrected chi connectivity index (χ3v) is 4.03. The average Bonchev–Trinajstić information content (AvgIpc) is 2.36. The minimum atomic E-state index is 0.579. The highest BCUT2D eigenvalue weighted by molar-refractivity contribution is 7.98. The number of aryl methyl sites for hydroxylation is 1. The predicted octanol–water partition coefficient (Wildman–Crippen LogP) is 3.29. The lowest BCUT2D eigenvalue weighted by atomic mass is 10.1. The van der Waals surface area contributed by atoms with Gasteiger partial charge in [-0.3, -0.25) is 0 Å². The molecule has 0 aliphatic heterocycles. The van der Waals surface area contributed by atoms with Crippen LogP contribution in [0.5, 0.6) is 0 Å². The highest BCUT2D eigenvalue weighted by atomic mass is 32.2. The lowest BCUT2D eigenvalue weighted by molar-refractivity contribution is 0.664. The zero-order valence-electron chi connectivity index (χ0n) is 12.3. The molecule has 18 heavy (non-hydrogen) atoms. The number of nitrogens with zero attached hydrogens (tertiary/aromatic N) is 1. The molecule has 0 aliphatic rings. The Morgan fingerprint density at radius 2 is 2.11 bits per heavy atom. The number of hydrogen-bond donors (Lipinski definition) is 1. The second kappa shape index (κ2) is 7.70. The first kappa shape index (κ1) is 15.4. The van der Waals surface area contributed by atoms with Gasteiger partial charge in [-0.25, -0.2) is 0 Å². The van der Waals surface area contributed by atoms with Crippen LogP contribution in [0, 0.1) is 6.92 Å². The van der Waals surface area contributed by atoms with Crippen molar-refractivity contribution in [2.24, 2.45) is 0 Å². The van der Waals surface area contributed by atoms with Gasteiger partial charge in [-0.15, -0.1) is 0 Å². The molecule has 1 aromatic carbocycles. The zero-order chi connectivity index (χ0) is 13.5. The number of rotatable bonds is 7. The normalized spacial score (nSPS) is 12.5. The van der Waals surface area contributed by atoms with E-state index in [1.54, 1.807) is 0 Å². The van der Waals surface area contributed by atoms with Gasteiger partial charge in [0.05, 0.1) is 0 Å². The maximum atomic E-state index is 3.26. The van der Waals surface area contributed by atoms with Gasteiger partial charge < -0.3 is 10.2 Å². The Balaban J connectivity index is 2.86. The van der Waals surface area contributed by atoms with Crippen LogP contribution in [0.4, 0.5) is 5.69 Å². The maximum Gasteiger partial charge on any atom is 0.0411 e. The van der Waals surface area contributed by atoms with Gasteiger partial charge in [-0.05, 0) is 51.0 Å². The van der Waals surface area contributed by atoms with Gasteiger partial charge in [0.1, 0.15) is 0 Å². The molecule has 0 heterocycles. The first-order valence-electron chi connectivity index (χ1n) is 6.56. The molecule has 0 amide bonds. The van der Waals surface area contributed by atoms with Gasteiger partial charge in [-0.1, -0.05) is 17.7 Å². The largest absolute Gasteiger partial charge is 0.372 e. The summed E-state index contributed by atoms with van der Waals surface area (Å²) in [7, 11) is 4.21. The van der Waals surface area contributed by atoms with Crippen LogP contribution in [-0.2, 0) is 6.54 Å². The molecule has 1 aromatic rings. The molecular weight excluding hydrogens is 240 g/mol. The second-order valence-electron chi connectivity index (χ2n) is 4.90. The van der Waals surface area contributed by atoms with Crippen molar-refractivity contribution in [3.8, 4) is 0 Å². The van der Waals surface area contributed by atoms with Crippen LogP contribution in [0.15, 0.2) is 18.2 Å². The number of thioether (sulfide) groups is 1. The summed E-state index contributed by atoms with van der Waals surface area (Å²) in [5.41, 5.74) is 4.06. The van der Waals surface area contributed by atoms with E-state index in [4.69, 9.17) is 0 Å². The van der Waals surface area contributed by atoms with E-state index in [-0.39, 0.29) is 0 Å². The topological polar surface area (TPSA) is 15.3 Å². The Morgan fingerprint density at radius 1 is 1.39 bits per heavy atom. The summed E-state index contributed by atoms with van der Waals surface area (Å²) in [6, 6.07) is 7.31. The van der Waals surface area contributed by atoms with Crippen LogP contribution in [0.3, 0.4) is 0 Å². The van der Waals surface area contributed by atoms with Gasteiger partial charge in [0, 0.05) is 25.3 Å². The first-order valence-corrected chi connectivity index (χ1v) is 7.95. The van der Waals surface area contributed by atoms with E-state index < -0.39 is 0 Å². The fourth-order valence-corrected chi connectivity index (χ4v) is 2.69. The number of hydrogen-bond acceptors (Lipinski definition) is 3. The fourth-order valence-electron chi connectivity index (χ4n) is 2.11. The summed E-state index contributed by atoms with van der Waals surface area (Å²) in [5, 5.41) is 3.26. The van der Waals surface area contributed by atoms with Crippen molar-refractivity contribution in [2.75, 3.05) is 31.0 Å². The van der Waals surface area contributed by atoms with Crippen LogP contribution in [0.25, 0.3) is 0 Å². The summed E-state index contributed by atoms with van der Waals surface area (Å²) in [4.78, 5) is 2.41. The van der Waals surface area contributed by atoms with Crippen molar-refractivity contribution in [2.45, 2.75) is 32.9 Å². The maximum absolute atomic E-state index is 3.26. The van der Waals surface area contributed by atoms with Crippen LogP contribution < -0.4 is 10.2 Å². The SMILES string of the molecule is CNCc1cc(C)ccc1N(C)C(C)CCSC. The summed E-state index contributed by atoms with van der Waals surface area (Å²) in [6.45, 7) is 5.38. The van der Waals surface area contributed by atoms with Crippen LogP contribution in [0.1, 0.15) is 24.5 Å². The highest BCUT2D eigenvalue weighted by Crippen LogP contribution is 2.24. The van der Waals surface area contributed by atoms with Gasteiger partial charge in [0.15, 0.2) is 0 Å². The Labute approximate surface area is 116 Å². The summed E-state index contributed by atoms with van der Waals surface area (Å²) >= 11 is 1.92. The Bertz CT molecular complexity index is 366. The molecule has 3 heteroatoms. The summed E-state index contributed by atoms with van der Waals surface area (Å²) in [6.07, 6.45) is 3.40. The molecule has 1 N–H and O–H groups in total. The van der Waals surface area contributed by atoms with E-state index in [1.165, 1.54) is 29.0 Å². The minimum Gasteiger partial charge on any atom is -0.372 e. The van der Waals surface area contributed by atoms with E-state index in [0.29, 0.717) is 6.04 Å². The smallest absolute Gasteiger partial charge is 0.0411 e. The molecule has 0 radical (unpaired) electrons. The van der Waals surface area contributed by atoms with Crippen molar-refractivity contribution < 1.29 is 0 Å². The second-order valence-corrected chi connectivity index (χ2v) is 5.89. The van der Waals surface area contributed by atoms with E-state index in [1.807, 2.05) is 18.8 Å². The number of anilines is 1. The number of nitrogens with one attached hydrogen (secondary N) is 1. The third-order valence-electron chi connectivity index (χ3n) is 3.38. The average molecular weight is 266 g/mol. The van der Waals surface area contributed by atoms with Crippen molar-refractivity contribution in [1.29, 1.82) is 0 Å². The highest BCUT2D eigenvalue weighted by Gasteiger charge is 2.13. The van der Waals surface area contributed by atoms with Crippen LogP contribution >= 0.6 is 11.8 Å².